The van der Waals surface area contributed by atoms with Gasteiger partial charge < -0.3 is 24.4 Å². The summed E-state index contributed by atoms with van der Waals surface area (Å²) in [6.07, 6.45) is 9.26. The van der Waals surface area contributed by atoms with Crippen molar-refractivity contribution in [3.05, 3.63) is 48.4 Å². The van der Waals surface area contributed by atoms with Crippen LogP contribution in [0.4, 0.5) is 16.4 Å². The quantitative estimate of drug-likeness (QED) is 0.318. The summed E-state index contributed by atoms with van der Waals surface area (Å²) in [7, 11) is 0. The van der Waals surface area contributed by atoms with Gasteiger partial charge in [0.15, 0.2) is 0 Å². The number of ether oxygens (including phenoxy) is 3. The summed E-state index contributed by atoms with van der Waals surface area (Å²) in [4.78, 5) is 26.3. The Bertz CT molecular complexity index is 1420. The predicted molar refractivity (Wildman–Crippen MR) is 158 cm³/mol. The molecule has 12 nitrogen and oxygen atoms in total. The van der Waals surface area contributed by atoms with Gasteiger partial charge in [0.1, 0.15) is 23.5 Å². The Morgan fingerprint density at radius 1 is 1.16 bits per heavy atom. The number of hydrogen-bond acceptors (Lipinski definition) is 11. The molecule has 5 rings (SSSR count). The van der Waals surface area contributed by atoms with Crippen LogP contribution in [-0.4, -0.2) is 69.0 Å². The van der Waals surface area contributed by atoms with Crippen LogP contribution in [0.25, 0.3) is 11.3 Å². The molecule has 0 unspecified atom stereocenters. The molecule has 3 aromatic rings. The molecule has 0 amide bonds. The van der Waals surface area contributed by atoms with E-state index in [0.717, 1.165) is 49.9 Å². The van der Waals surface area contributed by atoms with E-state index >= 15 is 0 Å². The molecule has 1 N–H and O–H groups in total. The van der Waals surface area contributed by atoms with Crippen molar-refractivity contribution >= 4 is 17.8 Å². The van der Waals surface area contributed by atoms with Gasteiger partial charge in [-0.25, -0.2) is 14.8 Å². The van der Waals surface area contributed by atoms with Crippen molar-refractivity contribution in [3.63, 3.8) is 0 Å². The van der Waals surface area contributed by atoms with E-state index in [9.17, 15) is 10.1 Å². The summed E-state index contributed by atoms with van der Waals surface area (Å²) in [5, 5.41) is 19.1. The van der Waals surface area contributed by atoms with Crippen LogP contribution in [0.1, 0.15) is 58.4 Å². The van der Waals surface area contributed by atoms with Gasteiger partial charge in [0.2, 0.25) is 5.95 Å². The Labute approximate surface area is 251 Å². The highest BCUT2D eigenvalue weighted by molar-refractivity contribution is 5.65. The van der Waals surface area contributed by atoms with E-state index in [-0.39, 0.29) is 6.10 Å². The molecule has 0 saturated carbocycles. The number of piperidine rings is 1. The summed E-state index contributed by atoms with van der Waals surface area (Å²) in [5.41, 5.74) is 2.19. The summed E-state index contributed by atoms with van der Waals surface area (Å²) < 4.78 is 18.6. The van der Waals surface area contributed by atoms with Crippen molar-refractivity contribution in [1.29, 1.82) is 5.26 Å². The van der Waals surface area contributed by atoms with Crippen LogP contribution in [0, 0.1) is 17.2 Å². The van der Waals surface area contributed by atoms with Gasteiger partial charge in [-0.05, 0) is 70.2 Å². The highest BCUT2D eigenvalue weighted by Crippen LogP contribution is 2.28. The zero-order valence-corrected chi connectivity index (χ0v) is 25.0. The predicted octanol–water partition coefficient (Wildman–Crippen LogP) is 5.48. The van der Waals surface area contributed by atoms with Crippen LogP contribution in [0.2, 0.25) is 0 Å². The maximum absolute atomic E-state index is 11.9. The number of nitrogens with zero attached hydrogens (tertiary/aromatic N) is 6. The van der Waals surface area contributed by atoms with Crippen molar-refractivity contribution in [2.75, 3.05) is 31.6 Å². The molecule has 4 heterocycles. The molecular formula is C31H39N7O5. The van der Waals surface area contributed by atoms with Gasteiger partial charge in [0, 0.05) is 50.4 Å². The molecule has 0 aliphatic carbocycles. The molecule has 228 valence electrons. The third-order valence-electron chi connectivity index (χ3n) is 7.34. The monoisotopic (exact) mass is 589 g/mol. The van der Waals surface area contributed by atoms with Crippen molar-refractivity contribution in [2.45, 2.75) is 71.1 Å². The zero-order valence-electron chi connectivity index (χ0n) is 25.0. The minimum absolute atomic E-state index is 0.0564. The van der Waals surface area contributed by atoms with Crippen LogP contribution in [0.5, 0.6) is 5.75 Å². The van der Waals surface area contributed by atoms with Gasteiger partial charge in [-0.3, -0.25) is 4.68 Å². The molecule has 12 heteroatoms. The lowest BCUT2D eigenvalue weighted by molar-refractivity contribution is -0.155. The van der Waals surface area contributed by atoms with E-state index in [1.54, 1.807) is 23.5 Å². The van der Waals surface area contributed by atoms with Crippen molar-refractivity contribution < 1.29 is 23.8 Å². The largest absolute Gasteiger partial charge is 0.528 e. The Morgan fingerprint density at radius 3 is 2.70 bits per heavy atom. The van der Waals surface area contributed by atoms with Crippen LogP contribution in [0.3, 0.4) is 0 Å². The smallest absolute Gasteiger partial charge is 0.489 e. The van der Waals surface area contributed by atoms with Crippen LogP contribution >= 0.6 is 0 Å². The fourth-order valence-electron chi connectivity index (χ4n) is 5.09. The molecule has 0 atom stereocenters. The third-order valence-corrected chi connectivity index (χ3v) is 7.34. The lowest BCUT2D eigenvalue weighted by Crippen LogP contribution is -2.37. The first-order valence-electron chi connectivity index (χ1n) is 14.8. The fourth-order valence-corrected chi connectivity index (χ4v) is 5.09. The summed E-state index contributed by atoms with van der Waals surface area (Å²) in [6.45, 7) is 8.95. The zero-order chi connectivity index (χ0) is 30.2. The molecule has 1 aromatic carbocycles. The molecule has 0 bridgehead atoms. The number of hydrogen-bond donors (Lipinski definition) is 1. The second kappa shape index (κ2) is 13.8. The number of carbonyl (C=O) groups is 1. The third kappa shape index (κ3) is 8.89. The lowest BCUT2D eigenvalue weighted by atomic mass is 9.94. The Balaban J connectivity index is 1.11. The van der Waals surface area contributed by atoms with Gasteiger partial charge >= 0.3 is 6.16 Å². The molecule has 43 heavy (non-hydrogen) atoms. The number of aryl methyl sites for hydroxylation is 1. The van der Waals surface area contributed by atoms with Crippen molar-refractivity contribution in [2.24, 2.45) is 5.92 Å². The van der Waals surface area contributed by atoms with E-state index in [1.165, 1.54) is 0 Å². The first kappa shape index (κ1) is 30.3. The maximum Gasteiger partial charge on any atom is 0.528 e. The number of nitrogens with one attached hydrogen (secondary N) is 1. The second-order valence-electron chi connectivity index (χ2n) is 11.9. The fraction of sp³-hybridized carbons (Fsp3) is 0.516. The number of aromatic nitrogens is 4. The van der Waals surface area contributed by atoms with Crippen LogP contribution < -0.4 is 10.1 Å². The number of rotatable bonds is 9. The van der Waals surface area contributed by atoms with E-state index in [4.69, 9.17) is 19.0 Å². The normalized spacial score (nSPS) is 16.8. The molecule has 2 aromatic heterocycles. The van der Waals surface area contributed by atoms with E-state index in [2.05, 4.69) is 26.5 Å². The summed E-state index contributed by atoms with van der Waals surface area (Å²) >= 11 is 0. The highest BCUT2D eigenvalue weighted by Gasteiger charge is 2.25. The maximum atomic E-state index is 11.9. The first-order valence-corrected chi connectivity index (χ1v) is 14.8. The molecule has 2 aliphatic heterocycles. The minimum Gasteiger partial charge on any atom is -0.489 e. The Kier molecular flexibility index (Phi) is 9.74. The number of hydroxylamine groups is 2. The van der Waals surface area contributed by atoms with E-state index in [0.29, 0.717) is 55.2 Å². The highest BCUT2D eigenvalue weighted by atomic mass is 16.8. The van der Waals surface area contributed by atoms with Gasteiger partial charge in [0.05, 0.1) is 36.4 Å². The molecule has 2 saturated heterocycles. The molecule has 0 spiro atoms. The standard InChI is InChI=1S/C31H39N7O5/c1-31(2,3)42-30(39)43-38-14-8-22(9-15-38)7-13-37-21-25(20-34-37)35-29-33-12-6-27(36-29)23-4-5-28(24(18-23)19-32)41-26-10-16-40-17-11-26/h4-6,12,18,20-22,26H,7-11,13-17H2,1-3H3,(H,33,35,36). The van der Waals surface area contributed by atoms with Crippen LogP contribution in [0.15, 0.2) is 42.9 Å². The summed E-state index contributed by atoms with van der Waals surface area (Å²) in [6, 6.07) is 9.61. The van der Waals surface area contributed by atoms with Gasteiger partial charge in [-0.2, -0.15) is 10.4 Å². The molecule has 2 fully saturated rings. The number of carbonyl (C=O) groups excluding carboxylic acids is 1. The Hall–Kier alpha value is -4.21. The van der Waals surface area contributed by atoms with Crippen molar-refractivity contribution in [3.8, 4) is 23.1 Å². The average Bonchev–Trinajstić information content (AvgIpc) is 3.44. The second-order valence-corrected chi connectivity index (χ2v) is 11.9. The summed E-state index contributed by atoms with van der Waals surface area (Å²) in [5.74, 6) is 1.54. The number of anilines is 2. The van der Waals surface area contributed by atoms with Crippen molar-refractivity contribution in [1.82, 2.24) is 24.8 Å². The average molecular weight is 590 g/mol. The minimum atomic E-state index is -0.655. The molecule has 0 radical (unpaired) electrons. The SMILES string of the molecule is CC(C)(C)OC(=O)ON1CCC(CCn2cc(Nc3nccc(-c4ccc(OC5CCOCC5)c(C#N)c4)n3)cn2)CC1. The number of nitriles is 1. The van der Waals surface area contributed by atoms with Gasteiger partial charge in [0.25, 0.3) is 0 Å². The van der Waals surface area contributed by atoms with Gasteiger partial charge in [-0.15, -0.1) is 5.06 Å². The molecular weight excluding hydrogens is 550 g/mol. The topological polar surface area (TPSA) is 137 Å². The molecule has 2 aliphatic rings. The Morgan fingerprint density at radius 2 is 1.95 bits per heavy atom. The van der Waals surface area contributed by atoms with Gasteiger partial charge in [-0.1, -0.05) is 0 Å². The van der Waals surface area contributed by atoms with E-state index in [1.807, 2.05) is 49.8 Å². The lowest BCUT2D eigenvalue weighted by Gasteiger charge is -2.31. The van der Waals surface area contributed by atoms with E-state index < -0.39 is 11.8 Å². The number of benzene rings is 1. The first-order chi connectivity index (χ1) is 20.7. The van der Waals surface area contributed by atoms with Crippen LogP contribution in [-0.2, 0) is 20.9 Å².